The lowest BCUT2D eigenvalue weighted by atomic mass is 10.1. The van der Waals surface area contributed by atoms with Gasteiger partial charge in [0.05, 0.1) is 14.2 Å². The number of nitrogens with zero attached hydrogens (tertiary/aromatic N) is 2. The molecule has 0 radical (unpaired) electrons. The molecule has 2 amide bonds. The van der Waals surface area contributed by atoms with Crippen molar-refractivity contribution >= 4 is 17.6 Å². The van der Waals surface area contributed by atoms with Crippen molar-refractivity contribution in [1.29, 1.82) is 0 Å². The third kappa shape index (κ3) is 5.63. The zero-order valence-electron chi connectivity index (χ0n) is 17.5. The minimum absolute atomic E-state index is 0.157. The Kier molecular flexibility index (Phi) is 7.42. The Labute approximate surface area is 184 Å². The van der Waals surface area contributed by atoms with Crippen LogP contribution >= 0.6 is 0 Å². The highest BCUT2D eigenvalue weighted by molar-refractivity contribution is 6.05. The minimum atomic E-state index is -0.662. The quantitative estimate of drug-likeness (QED) is 0.492. The van der Waals surface area contributed by atoms with Gasteiger partial charge in [-0.15, -0.1) is 0 Å². The topological polar surface area (TPSA) is 135 Å². The fourth-order valence-electron chi connectivity index (χ4n) is 2.72. The molecule has 3 N–H and O–H groups in total. The van der Waals surface area contributed by atoms with Crippen LogP contribution in [0.4, 0.5) is 5.82 Å². The summed E-state index contributed by atoms with van der Waals surface area (Å²) in [6.07, 6.45) is 4.88. The number of carbonyl (C=O) groups is 2. The number of nitrogens with one attached hydrogen (secondary N) is 1. The summed E-state index contributed by atoms with van der Waals surface area (Å²) in [5.41, 5.74) is 6.27. The normalized spacial score (nSPS) is 10.2. The first-order valence-corrected chi connectivity index (χ1v) is 9.47. The highest BCUT2D eigenvalue weighted by Gasteiger charge is 2.19. The number of amides is 2. The number of aromatic nitrogens is 2. The van der Waals surface area contributed by atoms with Crippen LogP contribution < -0.4 is 30.0 Å². The van der Waals surface area contributed by atoms with Gasteiger partial charge < -0.3 is 30.0 Å². The van der Waals surface area contributed by atoms with E-state index in [0.717, 1.165) is 5.56 Å². The molecule has 2 heterocycles. The highest BCUT2D eigenvalue weighted by atomic mass is 16.5. The molecule has 166 valence electrons. The average Bonchev–Trinajstić information content (AvgIpc) is 2.82. The molecule has 3 aromatic rings. The standard InChI is InChI=1S/C22H22N4O6/c1-29-17-10-15(11-18(30-2)20(17)32-13-19(23)27)22(28)26-21-16(4-3-7-25-21)31-12-14-5-8-24-9-6-14/h3-11H,12-13H2,1-2H3,(H2,23,27)(H,25,26,28). The van der Waals surface area contributed by atoms with E-state index in [9.17, 15) is 9.59 Å². The van der Waals surface area contributed by atoms with Gasteiger partial charge in [0.2, 0.25) is 5.75 Å². The molecule has 3 rings (SSSR count). The molecule has 0 unspecified atom stereocenters. The second-order valence-corrected chi connectivity index (χ2v) is 6.41. The molecule has 2 aromatic heterocycles. The molecule has 0 bridgehead atoms. The number of hydrogen-bond donors (Lipinski definition) is 2. The number of anilines is 1. The van der Waals surface area contributed by atoms with Gasteiger partial charge >= 0.3 is 0 Å². The average molecular weight is 438 g/mol. The van der Waals surface area contributed by atoms with Gasteiger partial charge in [0.15, 0.2) is 29.7 Å². The smallest absolute Gasteiger partial charge is 0.257 e. The molecule has 0 atom stereocenters. The first-order valence-electron chi connectivity index (χ1n) is 9.47. The number of methoxy groups -OCH3 is 2. The van der Waals surface area contributed by atoms with Gasteiger partial charge in [-0.1, -0.05) is 0 Å². The van der Waals surface area contributed by atoms with E-state index < -0.39 is 11.8 Å². The van der Waals surface area contributed by atoms with Crippen LogP contribution in [-0.2, 0) is 11.4 Å². The van der Waals surface area contributed by atoms with Crippen LogP contribution in [0.1, 0.15) is 15.9 Å². The van der Waals surface area contributed by atoms with Crippen molar-refractivity contribution in [3.05, 3.63) is 66.1 Å². The van der Waals surface area contributed by atoms with Gasteiger partial charge in [-0.05, 0) is 42.0 Å². The number of nitrogens with two attached hydrogens (primary N) is 1. The van der Waals surface area contributed by atoms with E-state index >= 15 is 0 Å². The second kappa shape index (κ2) is 10.6. The fraction of sp³-hybridized carbons (Fsp3) is 0.182. The van der Waals surface area contributed by atoms with Gasteiger partial charge in [0.1, 0.15) is 6.61 Å². The van der Waals surface area contributed by atoms with Crippen molar-refractivity contribution in [1.82, 2.24) is 9.97 Å². The third-order valence-electron chi connectivity index (χ3n) is 4.23. The molecule has 0 aliphatic rings. The molecular weight excluding hydrogens is 416 g/mol. The zero-order valence-corrected chi connectivity index (χ0v) is 17.5. The number of benzene rings is 1. The number of primary amides is 1. The summed E-state index contributed by atoms with van der Waals surface area (Å²) in [7, 11) is 2.80. The lowest BCUT2D eigenvalue weighted by Gasteiger charge is -2.16. The van der Waals surface area contributed by atoms with Crippen molar-refractivity contribution in [2.75, 3.05) is 26.1 Å². The van der Waals surface area contributed by atoms with Gasteiger partial charge in [0, 0.05) is 24.2 Å². The van der Waals surface area contributed by atoms with Gasteiger partial charge in [0.25, 0.3) is 11.8 Å². The summed E-state index contributed by atoms with van der Waals surface area (Å²) in [6, 6.07) is 9.97. The molecular formula is C22H22N4O6. The molecule has 0 fully saturated rings. The van der Waals surface area contributed by atoms with Gasteiger partial charge in [-0.2, -0.15) is 0 Å². The Hall–Kier alpha value is -4.34. The van der Waals surface area contributed by atoms with E-state index in [1.807, 2.05) is 12.1 Å². The zero-order chi connectivity index (χ0) is 22.9. The van der Waals surface area contributed by atoms with Crippen molar-refractivity contribution in [2.24, 2.45) is 5.73 Å². The first-order chi connectivity index (χ1) is 15.5. The Morgan fingerprint density at radius 2 is 1.66 bits per heavy atom. The SMILES string of the molecule is COc1cc(C(=O)Nc2ncccc2OCc2ccncc2)cc(OC)c1OCC(N)=O. The molecule has 0 saturated heterocycles. The van der Waals surface area contributed by atoms with E-state index in [2.05, 4.69) is 15.3 Å². The largest absolute Gasteiger partial charge is 0.493 e. The Balaban J connectivity index is 1.80. The van der Waals surface area contributed by atoms with E-state index in [-0.39, 0.29) is 41.8 Å². The predicted molar refractivity (Wildman–Crippen MR) is 115 cm³/mol. The van der Waals surface area contributed by atoms with Crippen LogP contribution in [0.25, 0.3) is 0 Å². The Morgan fingerprint density at radius 3 is 2.28 bits per heavy atom. The summed E-state index contributed by atoms with van der Waals surface area (Å²) < 4.78 is 21.7. The summed E-state index contributed by atoms with van der Waals surface area (Å²) in [6.45, 7) is -0.0883. The van der Waals surface area contributed by atoms with E-state index in [1.165, 1.54) is 32.5 Å². The summed E-state index contributed by atoms with van der Waals surface area (Å²) in [4.78, 5) is 32.1. The predicted octanol–water partition coefficient (Wildman–Crippen LogP) is 2.19. The highest BCUT2D eigenvalue weighted by Crippen LogP contribution is 2.39. The van der Waals surface area contributed by atoms with Crippen LogP contribution in [0.2, 0.25) is 0 Å². The summed E-state index contributed by atoms with van der Waals surface area (Å²) in [5, 5.41) is 2.72. The monoisotopic (exact) mass is 438 g/mol. The molecule has 10 nitrogen and oxygen atoms in total. The van der Waals surface area contributed by atoms with Crippen molar-refractivity contribution in [3.8, 4) is 23.0 Å². The lowest BCUT2D eigenvalue weighted by Crippen LogP contribution is -2.20. The fourth-order valence-corrected chi connectivity index (χ4v) is 2.72. The second-order valence-electron chi connectivity index (χ2n) is 6.41. The molecule has 10 heteroatoms. The maximum absolute atomic E-state index is 12.9. The lowest BCUT2D eigenvalue weighted by molar-refractivity contribution is -0.120. The minimum Gasteiger partial charge on any atom is -0.493 e. The van der Waals surface area contributed by atoms with Crippen LogP contribution in [0.5, 0.6) is 23.0 Å². The van der Waals surface area contributed by atoms with Crippen LogP contribution in [0.15, 0.2) is 55.0 Å². The third-order valence-corrected chi connectivity index (χ3v) is 4.23. The maximum Gasteiger partial charge on any atom is 0.257 e. The van der Waals surface area contributed by atoms with Crippen LogP contribution in [0.3, 0.4) is 0 Å². The molecule has 0 saturated carbocycles. The van der Waals surface area contributed by atoms with Crippen molar-refractivity contribution < 1.29 is 28.5 Å². The molecule has 32 heavy (non-hydrogen) atoms. The van der Waals surface area contributed by atoms with Crippen molar-refractivity contribution in [2.45, 2.75) is 6.61 Å². The molecule has 0 aliphatic heterocycles. The van der Waals surface area contributed by atoms with Crippen LogP contribution in [-0.4, -0.2) is 42.6 Å². The Bertz CT molecular complexity index is 1070. The number of pyridine rings is 2. The number of ether oxygens (including phenoxy) is 4. The van der Waals surface area contributed by atoms with E-state index in [1.54, 1.807) is 24.5 Å². The molecule has 0 aliphatic carbocycles. The maximum atomic E-state index is 12.9. The number of hydrogen-bond acceptors (Lipinski definition) is 8. The summed E-state index contributed by atoms with van der Waals surface area (Å²) in [5.74, 6) is 0.0684. The number of rotatable bonds is 10. The van der Waals surface area contributed by atoms with Crippen molar-refractivity contribution in [3.63, 3.8) is 0 Å². The van der Waals surface area contributed by atoms with Gasteiger partial charge in [-0.25, -0.2) is 4.98 Å². The van der Waals surface area contributed by atoms with Gasteiger partial charge in [-0.3, -0.25) is 14.6 Å². The molecule has 0 spiro atoms. The molecule has 1 aromatic carbocycles. The van der Waals surface area contributed by atoms with Crippen LogP contribution in [0, 0.1) is 0 Å². The summed E-state index contributed by atoms with van der Waals surface area (Å²) >= 11 is 0. The number of carbonyl (C=O) groups excluding carboxylic acids is 2. The van der Waals surface area contributed by atoms with E-state index in [4.69, 9.17) is 24.7 Å². The van der Waals surface area contributed by atoms with E-state index in [0.29, 0.717) is 5.75 Å². The Morgan fingerprint density at radius 1 is 0.969 bits per heavy atom. The first kappa shape index (κ1) is 22.3.